The first kappa shape index (κ1) is 28.4. The van der Waals surface area contributed by atoms with Crippen LogP contribution in [-0.4, -0.2) is 55.1 Å². The Morgan fingerprint density at radius 2 is 1.64 bits per heavy atom. The van der Waals surface area contributed by atoms with E-state index in [9.17, 15) is 18.0 Å². The summed E-state index contributed by atoms with van der Waals surface area (Å²) in [6, 6.07) is 10.7. The number of likely N-dealkylation sites (N-methyl/N-ethyl adjacent to an activating group) is 1. The smallest absolute Gasteiger partial charge is 0.243 e. The molecule has 2 amide bonds. The quantitative estimate of drug-likeness (QED) is 0.458. The summed E-state index contributed by atoms with van der Waals surface area (Å²) < 4.78 is 27.2. The zero-order valence-corrected chi connectivity index (χ0v) is 23.2. The third kappa shape index (κ3) is 6.79. The van der Waals surface area contributed by atoms with Crippen LogP contribution in [0.5, 0.6) is 0 Å². The second-order valence-corrected chi connectivity index (χ2v) is 12.1. The van der Waals surface area contributed by atoms with E-state index in [1.807, 2.05) is 13.8 Å². The third-order valence-electron chi connectivity index (χ3n) is 6.56. The summed E-state index contributed by atoms with van der Waals surface area (Å²) in [5, 5.41) is 3.80. The highest BCUT2D eigenvalue weighted by Gasteiger charge is 2.33. The van der Waals surface area contributed by atoms with Crippen molar-refractivity contribution < 1.29 is 18.0 Å². The van der Waals surface area contributed by atoms with Gasteiger partial charge in [-0.05, 0) is 50.5 Å². The summed E-state index contributed by atoms with van der Waals surface area (Å²) in [5.74, 6) is -0.775. The number of aryl methyl sites for hydroxylation is 1. The summed E-state index contributed by atoms with van der Waals surface area (Å²) in [6.07, 6.45) is 4.28. The number of hydrogen-bond donors (Lipinski definition) is 1. The third-order valence-corrected chi connectivity index (χ3v) is 9.09. The lowest BCUT2D eigenvalue weighted by Crippen LogP contribution is -2.53. The number of sulfonamides is 1. The molecule has 0 spiro atoms. The minimum Gasteiger partial charge on any atom is -0.352 e. The second kappa shape index (κ2) is 12.4. The maximum atomic E-state index is 13.6. The van der Waals surface area contributed by atoms with E-state index in [1.54, 1.807) is 30.3 Å². The van der Waals surface area contributed by atoms with E-state index in [4.69, 9.17) is 23.2 Å². The lowest BCUT2D eigenvalue weighted by molar-refractivity contribution is -0.141. The highest BCUT2D eigenvalue weighted by atomic mass is 35.5. The maximum Gasteiger partial charge on any atom is 0.243 e. The summed E-state index contributed by atoms with van der Waals surface area (Å²) >= 11 is 12.8. The van der Waals surface area contributed by atoms with E-state index in [0.717, 1.165) is 35.6 Å². The number of nitrogens with zero attached hydrogens (tertiary/aromatic N) is 2. The second-order valence-electron chi connectivity index (χ2n) is 9.21. The van der Waals surface area contributed by atoms with Gasteiger partial charge in [0.25, 0.3) is 0 Å². The first-order valence-electron chi connectivity index (χ1n) is 12.1. The van der Waals surface area contributed by atoms with Gasteiger partial charge in [-0.2, -0.15) is 4.31 Å². The molecule has 2 aromatic rings. The van der Waals surface area contributed by atoms with E-state index < -0.39 is 28.5 Å². The standard InChI is InChI=1S/C26H33Cl2N3O4S/c1-4-24(26(33)29-19-8-5-6-9-19)31(16-21-22(27)10-7-11-23(21)28)25(32)17-30(3)36(34,35)20-14-12-18(2)13-15-20/h7,10-15,19,24H,4-6,8-9,16-17H2,1-3H3,(H,29,33)/t24-/m1/s1. The maximum absolute atomic E-state index is 13.6. The van der Waals surface area contributed by atoms with E-state index in [0.29, 0.717) is 22.0 Å². The molecule has 0 aromatic heterocycles. The Bertz CT molecular complexity index is 1160. The number of hydrogen-bond acceptors (Lipinski definition) is 4. The Balaban J connectivity index is 1.88. The van der Waals surface area contributed by atoms with Crippen LogP contribution in [0.3, 0.4) is 0 Å². The van der Waals surface area contributed by atoms with E-state index in [1.165, 1.54) is 24.1 Å². The van der Waals surface area contributed by atoms with Gasteiger partial charge in [-0.25, -0.2) is 8.42 Å². The predicted molar refractivity (Wildman–Crippen MR) is 142 cm³/mol. The predicted octanol–water partition coefficient (Wildman–Crippen LogP) is 4.79. The van der Waals surface area contributed by atoms with Gasteiger partial charge in [-0.1, -0.05) is 66.7 Å². The number of carbonyl (C=O) groups excluding carboxylic acids is 2. The van der Waals surface area contributed by atoms with Crippen LogP contribution in [0, 0.1) is 6.92 Å². The molecule has 3 rings (SSSR count). The molecule has 7 nitrogen and oxygen atoms in total. The van der Waals surface area contributed by atoms with Crippen molar-refractivity contribution in [3.05, 3.63) is 63.6 Å². The van der Waals surface area contributed by atoms with Gasteiger partial charge in [0.05, 0.1) is 11.4 Å². The largest absolute Gasteiger partial charge is 0.352 e. The van der Waals surface area contributed by atoms with Gasteiger partial charge >= 0.3 is 0 Å². The lowest BCUT2D eigenvalue weighted by Gasteiger charge is -2.33. The number of nitrogens with one attached hydrogen (secondary N) is 1. The molecule has 0 aliphatic heterocycles. The van der Waals surface area contributed by atoms with Crippen molar-refractivity contribution in [1.82, 2.24) is 14.5 Å². The molecule has 0 bridgehead atoms. The summed E-state index contributed by atoms with van der Waals surface area (Å²) in [6.45, 7) is 3.22. The normalized spacial score (nSPS) is 15.2. The molecule has 0 radical (unpaired) electrons. The highest BCUT2D eigenvalue weighted by Crippen LogP contribution is 2.28. The van der Waals surface area contributed by atoms with Crippen LogP contribution in [0.15, 0.2) is 47.4 Å². The van der Waals surface area contributed by atoms with Crippen LogP contribution in [0.2, 0.25) is 10.0 Å². The average Bonchev–Trinajstić information content (AvgIpc) is 3.34. The molecular formula is C26H33Cl2N3O4S. The topological polar surface area (TPSA) is 86.8 Å². The molecule has 1 saturated carbocycles. The fraction of sp³-hybridized carbons (Fsp3) is 0.462. The number of halogens is 2. The van der Waals surface area contributed by atoms with Crippen molar-refractivity contribution >= 4 is 45.0 Å². The molecule has 2 aromatic carbocycles. The number of amides is 2. The summed E-state index contributed by atoms with van der Waals surface area (Å²) in [7, 11) is -2.56. The van der Waals surface area contributed by atoms with Crippen molar-refractivity contribution in [3.8, 4) is 0 Å². The minimum absolute atomic E-state index is 0.0215. The average molecular weight is 555 g/mol. The Labute approximate surface area is 223 Å². The molecule has 1 atom stereocenters. The van der Waals surface area contributed by atoms with Gasteiger partial charge in [0.2, 0.25) is 21.8 Å². The van der Waals surface area contributed by atoms with Crippen LogP contribution >= 0.6 is 23.2 Å². The molecular weight excluding hydrogens is 521 g/mol. The van der Waals surface area contributed by atoms with E-state index in [-0.39, 0.29) is 23.4 Å². The SMILES string of the molecule is CC[C@H](C(=O)NC1CCCC1)N(Cc1c(Cl)cccc1Cl)C(=O)CN(C)S(=O)(=O)c1ccc(C)cc1. The Kier molecular flexibility index (Phi) is 9.80. The van der Waals surface area contributed by atoms with Gasteiger partial charge in [0.1, 0.15) is 6.04 Å². The molecule has 0 unspecified atom stereocenters. The Morgan fingerprint density at radius 3 is 2.19 bits per heavy atom. The molecule has 36 heavy (non-hydrogen) atoms. The van der Waals surface area contributed by atoms with Gasteiger partial charge in [0, 0.05) is 35.2 Å². The van der Waals surface area contributed by atoms with Crippen molar-refractivity contribution in [2.75, 3.05) is 13.6 Å². The molecule has 1 fully saturated rings. The van der Waals surface area contributed by atoms with Gasteiger partial charge in [0.15, 0.2) is 0 Å². The first-order chi connectivity index (χ1) is 17.0. The molecule has 0 saturated heterocycles. The van der Waals surface area contributed by atoms with Crippen LogP contribution in [0.1, 0.15) is 50.2 Å². The van der Waals surface area contributed by atoms with Gasteiger partial charge in [-0.3, -0.25) is 9.59 Å². The molecule has 1 aliphatic carbocycles. The van der Waals surface area contributed by atoms with Crippen molar-refractivity contribution in [3.63, 3.8) is 0 Å². The number of rotatable bonds is 10. The summed E-state index contributed by atoms with van der Waals surface area (Å²) in [4.78, 5) is 28.4. The lowest BCUT2D eigenvalue weighted by atomic mass is 10.1. The minimum atomic E-state index is -3.91. The zero-order chi connectivity index (χ0) is 26.5. The highest BCUT2D eigenvalue weighted by molar-refractivity contribution is 7.89. The molecule has 196 valence electrons. The Morgan fingerprint density at radius 1 is 1.06 bits per heavy atom. The molecule has 1 N–H and O–H groups in total. The monoisotopic (exact) mass is 553 g/mol. The van der Waals surface area contributed by atoms with Crippen molar-refractivity contribution in [1.29, 1.82) is 0 Å². The van der Waals surface area contributed by atoms with Crippen molar-refractivity contribution in [2.45, 2.75) is 69.5 Å². The van der Waals surface area contributed by atoms with Crippen LogP contribution in [0.25, 0.3) is 0 Å². The first-order valence-corrected chi connectivity index (χ1v) is 14.3. The molecule has 0 heterocycles. The van der Waals surface area contributed by atoms with Crippen molar-refractivity contribution in [2.24, 2.45) is 0 Å². The van der Waals surface area contributed by atoms with Crippen LogP contribution in [-0.2, 0) is 26.2 Å². The Hall–Kier alpha value is -2.13. The fourth-order valence-corrected chi connectivity index (χ4v) is 6.03. The molecule has 10 heteroatoms. The fourth-order valence-electron chi connectivity index (χ4n) is 4.40. The zero-order valence-electron chi connectivity index (χ0n) is 20.8. The number of benzene rings is 2. The molecule has 1 aliphatic rings. The van der Waals surface area contributed by atoms with Crippen LogP contribution in [0.4, 0.5) is 0 Å². The van der Waals surface area contributed by atoms with E-state index in [2.05, 4.69) is 5.32 Å². The van der Waals surface area contributed by atoms with Crippen LogP contribution < -0.4 is 5.32 Å². The number of carbonyl (C=O) groups is 2. The van der Waals surface area contributed by atoms with E-state index >= 15 is 0 Å². The van der Waals surface area contributed by atoms with Gasteiger partial charge < -0.3 is 10.2 Å². The summed E-state index contributed by atoms with van der Waals surface area (Å²) in [5.41, 5.74) is 1.43. The van der Waals surface area contributed by atoms with Gasteiger partial charge in [-0.15, -0.1) is 0 Å².